The van der Waals surface area contributed by atoms with E-state index in [1.165, 1.54) is 22.9 Å². The molecule has 0 radical (unpaired) electrons. The van der Waals surface area contributed by atoms with Crippen molar-refractivity contribution in [2.45, 2.75) is 26.3 Å². The van der Waals surface area contributed by atoms with Gasteiger partial charge < -0.3 is 9.67 Å². The van der Waals surface area contributed by atoms with Crippen LogP contribution in [0.25, 0.3) is 27.8 Å². The zero-order valence-corrected chi connectivity index (χ0v) is 15.0. The zero-order chi connectivity index (χ0) is 19.8. The molecule has 1 N–H and O–H groups in total. The highest BCUT2D eigenvalue weighted by molar-refractivity contribution is 5.84. The second-order valence-corrected chi connectivity index (χ2v) is 6.31. The van der Waals surface area contributed by atoms with Gasteiger partial charge in [0.15, 0.2) is 11.2 Å². The van der Waals surface area contributed by atoms with Crippen molar-refractivity contribution in [3.05, 3.63) is 58.4 Å². The predicted molar refractivity (Wildman–Crippen MR) is 99.6 cm³/mol. The molecular weight excluding hydrogens is 365 g/mol. The summed E-state index contributed by atoms with van der Waals surface area (Å²) in [5, 5.41) is 21.7. The van der Waals surface area contributed by atoms with Crippen LogP contribution in [0.3, 0.4) is 0 Å². The van der Waals surface area contributed by atoms with Crippen LogP contribution in [0.5, 0.6) is 0 Å². The molecule has 8 nitrogen and oxygen atoms in total. The Morgan fingerprint density at radius 1 is 1.18 bits per heavy atom. The minimum Gasteiger partial charge on any atom is -0.481 e. The van der Waals surface area contributed by atoms with E-state index in [-0.39, 0.29) is 24.3 Å². The Hall–Kier alpha value is -3.62. The Balaban J connectivity index is 1.93. The molecule has 9 heteroatoms. The lowest BCUT2D eigenvalue weighted by Crippen LogP contribution is -2.22. The van der Waals surface area contributed by atoms with Gasteiger partial charge >= 0.3 is 5.97 Å². The number of nitrogens with zero attached hydrogens (tertiary/aromatic N) is 5. The topological polar surface area (TPSA) is 102 Å². The number of aliphatic carboxylic acids is 1. The second kappa shape index (κ2) is 6.84. The average Bonchev–Trinajstić information content (AvgIpc) is 3.07. The summed E-state index contributed by atoms with van der Waals surface area (Å²) in [6.45, 7) is 1.99. The number of hydrogen-bond donors (Lipinski definition) is 1. The third-order valence-electron chi connectivity index (χ3n) is 4.56. The highest BCUT2D eigenvalue weighted by atomic mass is 19.1. The van der Waals surface area contributed by atoms with Gasteiger partial charge in [-0.3, -0.25) is 9.59 Å². The molecule has 0 aliphatic rings. The molecule has 0 atom stereocenters. The molecule has 0 saturated carbocycles. The van der Waals surface area contributed by atoms with Gasteiger partial charge in [-0.25, -0.2) is 8.91 Å². The Kier molecular flexibility index (Phi) is 4.34. The quantitative estimate of drug-likeness (QED) is 0.569. The first kappa shape index (κ1) is 17.8. The SMILES string of the molecule is CCc1nn2c(nnc3c(=O)n(CCC(=O)O)ccc32)c1-c1ccc(F)cc1. The summed E-state index contributed by atoms with van der Waals surface area (Å²) in [7, 11) is 0. The first-order chi connectivity index (χ1) is 13.5. The number of aryl methyl sites for hydroxylation is 2. The fraction of sp³-hybridized carbons (Fsp3) is 0.211. The maximum absolute atomic E-state index is 13.3. The number of carboxylic acid groups (broad SMARTS) is 1. The molecule has 3 heterocycles. The summed E-state index contributed by atoms with van der Waals surface area (Å²) >= 11 is 0. The zero-order valence-electron chi connectivity index (χ0n) is 15.0. The minimum atomic E-state index is -0.989. The monoisotopic (exact) mass is 381 g/mol. The molecule has 0 spiro atoms. The summed E-state index contributed by atoms with van der Waals surface area (Å²) in [6.07, 6.45) is 1.98. The fourth-order valence-electron chi connectivity index (χ4n) is 3.18. The number of halogens is 1. The van der Waals surface area contributed by atoms with Crippen LogP contribution in [0.2, 0.25) is 0 Å². The Bertz CT molecular complexity index is 1260. The van der Waals surface area contributed by atoms with Gasteiger partial charge in [-0.05, 0) is 30.2 Å². The van der Waals surface area contributed by atoms with Crippen molar-refractivity contribution in [1.82, 2.24) is 24.4 Å². The van der Waals surface area contributed by atoms with Crippen molar-refractivity contribution in [2.75, 3.05) is 0 Å². The number of carboxylic acids is 1. The molecule has 28 heavy (non-hydrogen) atoms. The van der Waals surface area contributed by atoms with Gasteiger partial charge in [-0.1, -0.05) is 19.1 Å². The Morgan fingerprint density at radius 3 is 2.61 bits per heavy atom. The van der Waals surface area contributed by atoms with Crippen molar-refractivity contribution >= 4 is 22.6 Å². The number of aromatic nitrogens is 5. The van der Waals surface area contributed by atoms with Gasteiger partial charge in [0.1, 0.15) is 11.3 Å². The van der Waals surface area contributed by atoms with E-state index in [1.807, 2.05) is 6.92 Å². The van der Waals surface area contributed by atoms with Crippen LogP contribution in [0, 0.1) is 5.82 Å². The molecule has 0 unspecified atom stereocenters. The summed E-state index contributed by atoms with van der Waals surface area (Å²) in [5.74, 6) is -1.33. The number of carbonyl (C=O) groups is 1. The molecule has 0 bridgehead atoms. The molecule has 1 aromatic carbocycles. The molecule has 0 fully saturated rings. The standard InChI is InChI=1S/C19H16FN5O3/c1-2-13-16(11-3-5-12(20)6-4-11)18-22-21-17-14(25(18)23-13)7-9-24(19(17)28)10-8-15(26)27/h3-7,9H,2,8,10H2,1H3,(H,26,27). The molecule has 4 aromatic rings. The van der Waals surface area contributed by atoms with E-state index < -0.39 is 11.5 Å². The fourth-order valence-corrected chi connectivity index (χ4v) is 3.18. The van der Waals surface area contributed by atoms with Gasteiger partial charge in [-0.15, -0.1) is 10.2 Å². The number of benzene rings is 1. The van der Waals surface area contributed by atoms with Crippen molar-refractivity contribution in [2.24, 2.45) is 0 Å². The third kappa shape index (κ3) is 2.90. The van der Waals surface area contributed by atoms with E-state index >= 15 is 0 Å². The van der Waals surface area contributed by atoms with Gasteiger partial charge in [0.05, 0.1) is 17.7 Å². The van der Waals surface area contributed by atoms with Crippen LogP contribution in [0.1, 0.15) is 19.0 Å². The largest absolute Gasteiger partial charge is 0.481 e. The van der Waals surface area contributed by atoms with Crippen molar-refractivity contribution < 1.29 is 14.3 Å². The van der Waals surface area contributed by atoms with Crippen LogP contribution in [0.15, 0.2) is 41.3 Å². The first-order valence-corrected chi connectivity index (χ1v) is 8.74. The summed E-state index contributed by atoms with van der Waals surface area (Å²) in [5.41, 5.74) is 2.89. The molecule has 0 saturated heterocycles. The lowest BCUT2D eigenvalue weighted by atomic mass is 10.0. The summed E-state index contributed by atoms with van der Waals surface area (Å²) < 4.78 is 16.2. The van der Waals surface area contributed by atoms with E-state index in [4.69, 9.17) is 5.11 Å². The molecule has 142 valence electrons. The van der Waals surface area contributed by atoms with Crippen LogP contribution in [-0.2, 0) is 17.8 Å². The maximum Gasteiger partial charge on any atom is 0.305 e. The average molecular weight is 381 g/mol. The molecule has 3 aromatic heterocycles. The van der Waals surface area contributed by atoms with E-state index in [0.29, 0.717) is 17.6 Å². The maximum atomic E-state index is 13.3. The normalized spacial score (nSPS) is 11.4. The van der Waals surface area contributed by atoms with Crippen molar-refractivity contribution in [1.29, 1.82) is 0 Å². The van der Waals surface area contributed by atoms with E-state index in [0.717, 1.165) is 16.8 Å². The minimum absolute atomic E-state index is 0.0456. The number of rotatable bonds is 5. The summed E-state index contributed by atoms with van der Waals surface area (Å²) in [6, 6.07) is 7.71. The van der Waals surface area contributed by atoms with Gasteiger partial charge in [0, 0.05) is 12.7 Å². The number of pyridine rings is 1. The van der Waals surface area contributed by atoms with Gasteiger partial charge in [0.2, 0.25) is 0 Å². The lowest BCUT2D eigenvalue weighted by Gasteiger charge is -2.06. The smallest absolute Gasteiger partial charge is 0.305 e. The number of hydrogen-bond acceptors (Lipinski definition) is 5. The number of fused-ring (bicyclic) bond motifs is 3. The predicted octanol–water partition coefficient (Wildman–Crippen LogP) is 2.28. The first-order valence-electron chi connectivity index (χ1n) is 8.74. The van der Waals surface area contributed by atoms with E-state index in [9.17, 15) is 14.0 Å². The van der Waals surface area contributed by atoms with E-state index in [1.54, 1.807) is 22.7 Å². The van der Waals surface area contributed by atoms with Crippen molar-refractivity contribution in [3.8, 4) is 11.1 Å². The Morgan fingerprint density at radius 2 is 1.93 bits per heavy atom. The summed E-state index contributed by atoms with van der Waals surface area (Å²) in [4.78, 5) is 23.4. The highest BCUT2D eigenvalue weighted by Crippen LogP contribution is 2.29. The lowest BCUT2D eigenvalue weighted by molar-refractivity contribution is -0.137. The third-order valence-corrected chi connectivity index (χ3v) is 4.56. The van der Waals surface area contributed by atoms with Gasteiger partial charge in [-0.2, -0.15) is 5.10 Å². The van der Waals surface area contributed by atoms with Crippen LogP contribution in [0.4, 0.5) is 4.39 Å². The molecule has 0 aliphatic carbocycles. The van der Waals surface area contributed by atoms with E-state index in [2.05, 4.69) is 15.3 Å². The highest BCUT2D eigenvalue weighted by Gasteiger charge is 2.18. The van der Waals surface area contributed by atoms with Crippen LogP contribution in [-0.4, -0.2) is 35.5 Å². The molecular formula is C19H16FN5O3. The molecule has 0 amide bonds. The van der Waals surface area contributed by atoms with Crippen LogP contribution >= 0.6 is 0 Å². The van der Waals surface area contributed by atoms with Crippen molar-refractivity contribution in [3.63, 3.8) is 0 Å². The second-order valence-electron chi connectivity index (χ2n) is 6.31. The Labute approximate surface area is 157 Å². The van der Waals surface area contributed by atoms with Crippen LogP contribution < -0.4 is 5.56 Å². The molecule has 0 aliphatic heterocycles. The van der Waals surface area contributed by atoms with Gasteiger partial charge in [0.25, 0.3) is 5.56 Å². The molecule has 4 rings (SSSR count).